The van der Waals surface area contributed by atoms with Crippen LogP contribution in [0, 0.1) is 0 Å². The third-order valence-corrected chi connectivity index (χ3v) is 8.41. The summed E-state index contributed by atoms with van der Waals surface area (Å²) in [6, 6.07) is 63.4. The van der Waals surface area contributed by atoms with Crippen molar-refractivity contribution in [3.8, 4) is 22.3 Å². The number of rotatable bonds is 5. The third kappa shape index (κ3) is 4.52. The highest BCUT2D eigenvalue weighted by Gasteiger charge is 2.18. The fourth-order valence-corrected chi connectivity index (χ4v) is 6.36. The summed E-state index contributed by atoms with van der Waals surface area (Å²) in [5.41, 5.74) is 8.26. The van der Waals surface area contributed by atoms with E-state index in [0.717, 1.165) is 11.4 Å². The van der Waals surface area contributed by atoms with E-state index in [1.165, 1.54) is 60.3 Å². The average molecular weight is 548 g/mol. The van der Waals surface area contributed by atoms with Crippen LogP contribution in [0.2, 0.25) is 0 Å². The minimum absolute atomic E-state index is 1.13. The molecule has 0 fully saturated rings. The van der Waals surface area contributed by atoms with E-state index in [-0.39, 0.29) is 0 Å². The van der Waals surface area contributed by atoms with E-state index < -0.39 is 0 Å². The minimum Gasteiger partial charge on any atom is -0.310 e. The number of hydrogen-bond acceptors (Lipinski definition) is 1. The second kappa shape index (κ2) is 10.6. The summed E-state index contributed by atoms with van der Waals surface area (Å²) < 4.78 is 0. The minimum atomic E-state index is 1.13. The molecule has 0 aliphatic carbocycles. The zero-order valence-corrected chi connectivity index (χ0v) is 23.7. The number of fused-ring (bicyclic) bond motifs is 5. The lowest BCUT2D eigenvalue weighted by molar-refractivity contribution is 1.30. The van der Waals surface area contributed by atoms with Gasteiger partial charge in [-0.05, 0) is 79.5 Å². The van der Waals surface area contributed by atoms with E-state index >= 15 is 0 Å². The molecule has 0 unspecified atom stereocenters. The van der Waals surface area contributed by atoms with E-state index in [0.29, 0.717) is 0 Å². The maximum atomic E-state index is 2.40. The Labute approximate surface area is 251 Å². The smallest absolute Gasteiger partial charge is 0.0546 e. The van der Waals surface area contributed by atoms with Gasteiger partial charge in [0.1, 0.15) is 0 Å². The van der Waals surface area contributed by atoms with E-state index in [2.05, 4.69) is 181 Å². The van der Waals surface area contributed by atoms with Crippen LogP contribution >= 0.6 is 0 Å². The van der Waals surface area contributed by atoms with Crippen molar-refractivity contribution in [1.82, 2.24) is 0 Å². The molecular formula is C42H29N. The molecule has 0 aliphatic heterocycles. The first-order valence-corrected chi connectivity index (χ1v) is 14.8. The van der Waals surface area contributed by atoms with Crippen molar-refractivity contribution in [1.29, 1.82) is 0 Å². The summed E-state index contributed by atoms with van der Waals surface area (Å²) >= 11 is 0. The van der Waals surface area contributed by atoms with Crippen molar-refractivity contribution in [2.75, 3.05) is 4.90 Å². The lowest BCUT2D eigenvalue weighted by Crippen LogP contribution is -2.10. The van der Waals surface area contributed by atoms with Gasteiger partial charge in [0.25, 0.3) is 0 Å². The first-order valence-electron chi connectivity index (χ1n) is 14.8. The van der Waals surface area contributed by atoms with Crippen LogP contribution in [0.3, 0.4) is 0 Å². The fraction of sp³-hybridized carbons (Fsp3) is 0. The van der Waals surface area contributed by atoms with Gasteiger partial charge >= 0.3 is 0 Å². The molecule has 0 saturated heterocycles. The standard InChI is InChI=1S/C42H29N/c1-3-12-30(13-4-1)31-22-24-32(25-23-31)34-15-11-18-37(28-34)43(36-16-5-2-6-17-36)41-29-35-27-26-33-14-7-8-19-38(33)42(35)40-21-10-9-20-39(40)41/h1-29H. The first kappa shape index (κ1) is 25.1. The zero-order chi connectivity index (χ0) is 28.6. The predicted octanol–water partition coefficient (Wildman–Crippen LogP) is 11.9. The van der Waals surface area contributed by atoms with Gasteiger partial charge in [0.2, 0.25) is 0 Å². The Bertz CT molecular complexity index is 2220. The molecule has 1 nitrogen and oxygen atoms in total. The van der Waals surface area contributed by atoms with Crippen molar-refractivity contribution >= 4 is 49.4 Å². The monoisotopic (exact) mass is 547 g/mol. The highest BCUT2D eigenvalue weighted by molar-refractivity contribution is 6.23. The Morgan fingerprint density at radius 3 is 1.60 bits per heavy atom. The molecule has 0 aromatic heterocycles. The molecule has 0 atom stereocenters. The lowest BCUT2D eigenvalue weighted by Gasteiger charge is -2.28. The van der Waals surface area contributed by atoms with Gasteiger partial charge in [0.05, 0.1) is 5.69 Å². The normalized spacial score (nSPS) is 11.3. The summed E-state index contributed by atoms with van der Waals surface area (Å²) in [7, 11) is 0. The number of nitrogens with zero attached hydrogens (tertiary/aromatic N) is 1. The summed E-state index contributed by atoms with van der Waals surface area (Å²) in [4.78, 5) is 2.40. The molecule has 43 heavy (non-hydrogen) atoms. The molecule has 202 valence electrons. The second-order valence-electron chi connectivity index (χ2n) is 11.0. The summed E-state index contributed by atoms with van der Waals surface area (Å²) in [5, 5.41) is 7.58. The van der Waals surface area contributed by atoms with Gasteiger partial charge in [-0.1, -0.05) is 146 Å². The Balaban J connectivity index is 1.31. The molecule has 0 bridgehead atoms. The molecule has 0 saturated carbocycles. The van der Waals surface area contributed by atoms with Crippen LogP contribution in [0.5, 0.6) is 0 Å². The highest BCUT2D eigenvalue weighted by Crippen LogP contribution is 2.44. The van der Waals surface area contributed by atoms with Crippen LogP contribution in [-0.2, 0) is 0 Å². The van der Waals surface area contributed by atoms with Crippen molar-refractivity contribution in [3.05, 3.63) is 176 Å². The Morgan fingerprint density at radius 1 is 0.302 bits per heavy atom. The van der Waals surface area contributed by atoms with Crippen LogP contribution in [0.1, 0.15) is 0 Å². The van der Waals surface area contributed by atoms with E-state index in [4.69, 9.17) is 0 Å². The molecule has 0 radical (unpaired) electrons. The molecule has 1 heteroatoms. The maximum absolute atomic E-state index is 2.40. The maximum Gasteiger partial charge on any atom is 0.0546 e. The molecule has 0 spiro atoms. The predicted molar refractivity (Wildman–Crippen MR) is 185 cm³/mol. The highest BCUT2D eigenvalue weighted by atomic mass is 15.1. The summed E-state index contributed by atoms with van der Waals surface area (Å²) in [6.07, 6.45) is 0. The molecule has 8 aromatic rings. The second-order valence-corrected chi connectivity index (χ2v) is 11.0. The van der Waals surface area contributed by atoms with Crippen molar-refractivity contribution in [2.24, 2.45) is 0 Å². The zero-order valence-electron chi connectivity index (χ0n) is 23.7. The van der Waals surface area contributed by atoms with Crippen molar-refractivity contribution < 1.29 is 0 Å². The number of hydrogen-bond donors (Lipinski definition) is 0. The van der Waals surface area contributed by atoms with Gasteiger partial charge in [-0.25, -0.2) is 0 Å². The molecule has 0 N–H and O–H groups in total. The number of anilines is 3. The van der Waals surface area contributed by atoms with Crippen LogP contribution in [-0.4, -0.2) is 0 Å². The lowest BCUT2D eigenvalue weighted by atomic mass is 9.94. The van der Waals surface area contributed by atoms with Crippen LogP contribution in [0.25, 0.3) is 54.6 Å². The summed E-state index contributed by atoms with van der Waals surface area (Å²) in [6.45, 7) is 0. The van der Waals surface area contributed by atoms with E-state index in [9.17, 15) is 0 Å². The first-order chi connectivity index (χ1) is 21.3. The quantitative estimate of drug-likeness (QED) is 0.194. The molecular weight excluding hydrogens is 518 g/mol. The Morgan fingerprint density at radius 2 is 0.837 bits per heavy atom. The van der Waals surface area contributed by atoms with Crippen LogP contribution in [0.15, 0.2) is 176 Å². The number of para-hydroxylation sites is 1. The van der Waals surface area contributed by atoms with Crippen LogP contribution in [0.4, 0.5) is 17.1 Å². The number of benzene rings is 8. The van der Waals surface area contributed by atoms with Crippen LogP contribution < -0.4 is 4.90 Å². The third-order valence-electron chi connectivity index (χ3n) is 8.41. The molecule has 0 aliphatic rings. The molecule has 8 rings (SSSR count). The van der Waals surface area contributed by atoms with Gasteiger partial charge in [-0.2, -0.15) is 0 Å². The van der Waals surface area contributed by atoms with Gasteiger partial charge < -0.3 is 4.90 Å². The van der Waals surface area contributed by atoms with Crippen molar-refractivity contribution in [3.63, 3.8) is 0 Å². The molecule has 8 aromatic carbocycles. The van der Waals surface area contributed by atoms with E-state index in [1.54, 1.807) is 0 Å². The van der Waals surface area contributed by atoms with Gasteiger partial charge in [0, 0.05) is 16.8 Å². The van der Waals surface area contributed by atoms with Crippen molar-refractivity contribution in [2.45, 2.75) is 0 Å². The molecule has 0 amide bonds. The fourth-order valence-electron chi connectivity index (χ4n) is 6.36. The Kier molecular flexibility index (Phi) is 6.20. The Hall–Kier alpha value is -5.66. The van der Waals surface area contributed by atoms with Gasteiger partial charge in [-0.15, -0.1) is 0 Å². The van der Waals surface area contributed by atoms with Gasteiger partial charge in [-0.3, -0.25) is 0 Å². The van der Waals surface area contributed by atoms with E-state index in [1.807, 2.05) is 0 Å². The largest absolute Gasteiger partial charge is 0.310 e. The SMILES string of the molecule is c1ccc(-c2ccc(-c3cccc(N(c4ccccc4)c4cc5ccc6ccccc6c5c5ccccc45)c3)cc2)cc1. The summed E-state index contributed by atoms with van der Waals surface area (Å²) in [5.74, 6) is 0. The average Bonchev–Trinajstić information content (AvgIpc) is 3.09. The van der Waals surface area contributed by atoms with Gasteiger partial charge in [0.15, 0.2) is 0 Å². The molecule has 0 heterocycles. The topological polar surface area (TPSA) is 3.24 Å².